The number of amides is 1. The predicted octanol–water partition coefficient (Wildman–Crippen LogP) is 5.11. The summed E-state index contributed by atoms with van der Waals surface area (Å²) in [6.45, 7) is 3.11. The van der Waals surface area contributed by atoms with E-state index in [1.165, 1.54) is 13.1 Å². The van der Waals surface area contributed by atoms with E-state index in [1.807, 2.05) is 18.2 Å². The first-order chi connectivity index (χ1) is 18.2. The second-order valence-corrected chi connectivity index (χ2v) is 10.6. The largest absolute Gasteiger partial charge is 0.460 e. The molecule has 0 unspecified atom stereocenters. The number of carbonyl (C=O) groups excluding carboxylic acids is 2. The number of pyridine rings is 1. The van der Waals surface area contributed by atoms with Gasteiger partial charge in [-0.2, -0.15) is 5.26 Å². The zero-order valence-corrected chi connectivity index (χ0v) is 21.4. The number of ether oxygens (including phenoxy) is 1. The van der Waals surface area contributed by atoms with Crippen LogP contribution in [0.2, 0.25) is 0 Å². The Kier molecular flexibility index (Phi) is 6.57. The van der Waals surface area contributed by atoms with Gasteiger partial charge in [-0.25, -0.2) is 18.6 Å². The van der Waals surface area contributed by atoms with Gasteiger partial charge in [-0.15, -0.1) is 11.3 Å². The number of hydrogen-bond acceptors (Lipinski definition) is 7. The fourth-order valence-corrected chi connectivity index (χ4v) is 6.13. The number of nitrogens with one attached hydrogen (secondary N) is 1. The van der Waals surface area contributed by atoms with Crippen molar-refractivity contribution in [3.05, 3.63) is 76.5 Å². The first kappa shape index (κ1) is 25.7. The molecule has 2 fully saturated rings. The van der Waals surface area contributed by atoms with Gasteiger partial charge in [0.05, 0.1) is 17.3 Å². The highest BCUT2D eigenvalue weighted by Crippen LogP contribution is 2.55. The van der Waals surface area contributed by atoms with Crippen molar-refractivity contribution in [2.24, 2.45) is 17.8 Å². The molecule has 1 aliphatic heterocycles. The van der Waals surface area contributed by atoms with Gasteiger partial charge in [-0.05, 0) is 31.1 Å². The summed E-state index contributed by atoms with van der Waals surface area (Å²) in [7, 11) is 0. The Hall–Kier alpha value is -3.97. The highest BCUT2D eigenvalue weighted by atomic mass is 32.1. The number of nitriles is 1. The number of cyclic esters (lactones) is 1. The third kappa shape index (κ3) is 4.37. The molecule has 1 saturated carbocycles. The number of aromatic nitrogens is 2. The first-order valence-corrected chi connectivity index (χ1v) is 13.0. The maximum atomic E-state index is 15.4. The smallest absolute Gasteiger partial charge is 0.332 e. The first-order valence-electron chi connectivity index (χ1n) is 12.1. The number of halogens is 2. The molecule has 1 aliphatic carbocycles. The Morgan fingerprint density at radius 2 is 2.03 bits per heavy atom. The Balaban J connectivity index is 1.46. The molecule has 5 atom stereocenters. The van der Waals surface area contributed by atoms with Crippen LogP contribution < -0.4 is 5.32 Å². The molecule has 1 saturated heterocycles. The number of alkyl halides is 2. The molecule has 0 radical (unpaired) electrons. The molecule has 3 heterocycles. The third-order valence-corrected chi connectivity index (χ3v) is 8.27. The van der Waals surface area contributed by atoms with Crippen molar-refractivity contribution in [2.75, 3.05) is 0 Å². The van der Waals surface area contributed by atoms with Crippen LogP contribution in [0.25, 0.3) is 17.2 Å². The van der Waals surface area contributed by atoms with E-state index in [4.69, 9.17) is 4.74 Å². The normalized spacial score (nSPS) is 27.9. The number of allylic oxidation sites excluding steroid dienone is 1. The molecule has 1 N–H and O–H groups in total. The van der Waals surface area contributed by atoms with Crippen molar-refractivity contribution in [1.29, 1.82) is 5.26 Å². The van der Waals surface area contributed by atoms with Gasteiger partial charge < -0.3 is 10.1 Å². The van der Waals surface area contributed by atoms with E-state index < -0.39 is 53.6 Å². The summed E-state index contributed by atoms with van der Waals surface area (Å²) in [6.07, 6.45) is 4.80. The highest BCUT2D eigenvalue weighted by molar-refractivity contribution is 7.11. The molecule has 38 heavy (non-hydrogen) atoms. The van der Waals surface area contributed by atoms with Crippen LogP contribution in [-0.2, 0) is 9.53 Å². The lowest BCUT2D eigenvalue weighted by molar-refractivity contribution is -0.158. The molecule has 2 aliphatic rings. The summed E-state index contributed by atoms with van der Waals surface area (Å²) in [5, 5.41) is 13.6. The SMILES string of the molecule is C[C@H]1OC(=O)[C@]2(NC(=O)c3nccs3)CC(F)(F)[C@@H](C)[C@H](/C=C/c3ccc(-c4ccccc4C#N)cn3)[C@H]12. The number of esters is 1. The molecule has 10 heteroatoms. The highest BCUT2D eigenvalue weighted by Gasteiger charge is 2.68. The van der Waals surface area contributed by atoms with Crippen molar-refractivity contribution in [3.8, 4) is 17.2 Å². The van der Waals surface area contributed by atoms with Gasteiger partial charge in [-0.1, -0.05) is 37.3 Å². The van der Waals surface area contributed by atoms with E-state index in [2.05, 4.69) is 21.4 Å². The predicted molar refractivity (Wildman–Crippen MR) is 137 cm³/mol. The Morgan fingerprint density at radius 3 is 2.71 bits per heavy atom. The fraction of sp³-hybridized carbons (Fsp3) is 0.321. The maximum Gasteiger partial charge on any atom is 0.332 e. The van der Waals surface area contributed by atoms with Crippen molar-refractivity contribution in [2.45, 2.75) is 37.8 Å². The average Bonchev–Trinajstić information content (AvgIpc) is 3.52. The Morgan fingerprint density at radius 1 is 1.24 bits per heavy atom. The number of benzene rings is 1. The number of carbonyl (C=O) groups is 2. The van der Waals surface area contributed by atoms with Crippen LogP contribution in [-0.4, -0.2) is 39.4 Å². The Bertz CT molecular complexity index is 1440. The minimum absolute atomic E-state index is 0.0850. The van der Waals surface area contributed by atoms with E-state index in [1.54, 1.807) is 48.9 Å². The van der Waals surface area contributed by atoms with Gasteiger partial charge >= 0.3 is 5.97 Å². The van der Waals surface area contributed by atoms with Crippen molar-refractivity contribution >= 4 is 29.3 Å². The lowest BCUT2D eigenvalue weighted by Gasteiger charge is -2.47. The number of thiazole rings is 1. The van der Waals surface area contributed by atoms with Crippen molar-refractivity contribution < 1.29 is 23.1 Å². The zero-order valence-electron chi connectivity index (χ0n) is 20.6. The van der Waals surface area contributed by atoms with E-state index in [0.717, 1.165) is 22.5 Å². The molecular formula is C28H24F2N4O3S. The van der Waals surface area contributed by atoms with E-state index >= 15 is 8.78 Å². The Labute approximate surface area is 222 Å². The van der Waals surface area contributed by atoms with Gasteiger partial charge in [0.1, 0.15) is 6.10 Å². The summed E-state index contributed by atoms with van der Waals surface area (Å²) in [5.41, 5.74) is 0.663. The molecule has 5 rings (SSSR count). The molecular weight excluding hydrogens is 510 g/mol. The van der Waals surface area contributed by atoms with Gasteiger partial charge in [-0.3, -0.25) is 9.78 Å². The van der Waals surface area contributed by atoms with Crippen LogP contribution in [0.3, 0.4) is 0 Å². The maximum absolute atomic E-state index is 15.4. The lowest BCUT2D eigenvalue weighted by atomic mass is 9.60. The third-order valence-electron chi connectivity index (χ3n) is 7.50. The van der Waals surface area contributed by atoms with Gasteiger partial charge in [0.25, 0.3) is 11.8 Å². The van der Waals surface area contributed by atoms with Gasteiger partial charge in [0.2, 0.25) is 0 Å². The monoisotopic (exact) mass is 534 g/mol. The van der Waals surface area contributed by atoms with Crippen molar-refractivity contribution in [3.63, 3.8) is 0 Å². The fourth-order valence-electron chi connectivity index (χ4n) is 5.60. The molecule has 0 spiro atoms. The second-order valence-electron chi connectivity index (χ2n) is 9.69. The number of rotatable bonds is 5. The minimum atomic E-state index is -3.25. The van der Waals surface area contributed by atoms with Gasteiger partial charge in [0, 0.05) is 47.2 Å². The summed E-state index contributed by atoms with van der Waals surface area (Å²) in [6, 6.07) is 12.9. The minimum Gasteiger partial charge on any atom is -0.460 e. The van der Waals surface area contributed by atoms with Crippen LogP contribution in [0, 0.1) is 29.1 Å². The van der Waals surface area contributed by atoms with Crippen molar-refractivity contribution in [1.82, 2.24) is 15.3 Å². The number of fused-ring (bicyclic) bond motifs is 1. The number of hydrogen-bond donors (Lipinski definition) is 1. The summed E-state index contributed by atoms with van der Waals surface area (Å²) in [5.74, 6) is -7.41. The van der Waals surface area contributed by atoms with E-state index in [0.29, 0.717) is 11.3 Å². The van der Waals surface area contributed by atoms with Crippen LogP contribution in [0.15, 0.2) is 60.2 Å². The average molecular weight is 535 g/mol. The summed E-state index contributed by atoms with van der Waals surface area (Å²) in [4.78, 5) is 34.3. The molecule has 1 amide bonds. The van der Waals surface area contributed by atoms with E-state index in [-0.39, 0.29) is 5.01 Å². The molecule has 1 aromatic carbocycles. The molecule has 0 bridgehead atoms. The standard InChI is InChI=1S/C28H24F2N4O3S/c1-16-21(10-9-20-8-7-19(14-33-20)22-6-4-3-5-18(22)13-31)23-17(2)37-26(36)27(23,15-28(16,29)30)34-24(35)25-32-11-12-38-25/h3-12,14,16-17,21,23H,15H2,1-2H3,(H,34,35)/b10-9+/t16-,17+,21-,23-,27-/m0/s1. The summed E-state index contributed by atoms with van der Waals surface area (Å²) < 4.78 is 36.3. The molecule has 7 nitrogen and oxygen atoms in total. The van der Waals surface area contributed by atoms with Crippen LogP contribution in [0.5, 0.6) is 0 Å². The van der Waals surface area contributed by atoms with Crippen LogP contribution in [0.1, 0.15) is 41.3 Å². The van der Waals surface area contributed by atoms with E-state index in [9.17, 15) is 14.9 Å². The number of nitrogens with zero attached hydrogens (tertiary/aromatic N) is 3. The molecule has 2 aromatic heterocycles. The topological polar surface area (TPSA) is 105 Å². The molecule has 194 valence electrons. The summed E-state index contributed by atoms with van der Waals surface area (Å²) >= 11 is 1.06. The zero-order chi connectivity index (χ0) is 27.1. The lowest BCUT2D eigenvalue weighted by Crippen LogP contribution is -2.66. The van der Waals surface area contributed by atoms with Gasteiger partial charge in [0.15, 0.2) is 10.5 Å². The van der Waals surface area contributed by atoms with Crippen LogP contribution in [0.4, 0.5) is 8.78 Å². The second kappa shape index (κ2) is 9.72. The molecule has 3 aromatic rings. The quantitative estimate of drug-likeness (QED) is 0.456. The van der Waals surface area contributed by atoms with Crippen LogP contribution >= 0.6 is 11.3 Å².